The van der Waals surface area contributed by atoms with Gasteiger partial charge in [-0.1, -0.05) is 29.8 Å². The van der Waals surface area contributed by atoms with Crippen LogP contribution in [0, 0.1) is 12.7 Å². The van der Waals surface area contributed by atoms with Gasteiger partial charge in [0.25, 0.3) is 0 Å². The second-order valence-corrected chi connectivity index (χ2v) is 7.65. The zero-order valence-electron chi connectivity index (χ0n) is 16.3. The summed E-state index contributed by atoms with van der Waals surface area (Å²) in [5.41, 5.74) is 4.53. The fourth-order valence-electron chi connectivity index (χ4n) is 2.95. The zero-order chi connectivity index (χ0) is 20.8. The summed E-state index contributed by atoms with van der Waals surface area (Å²) in [7, 11) is 1.93. The Morgan fingerprint density at radius 2 is 1.90 bits per heavy atom. The maximum atomic E-state index is 13.9. The topological polar surface area (TPSA) is 39.9 Å². The molecule has 0 saturated heterocycles. The molecule has 0 saturated carbocycles. The summed E-state index contributed by atoms with van der Waals surface area (Å²) in [4.78, 5) is 4.15. The predicted octanol–water partition coefficient (Wildman–Crippen LogP) is 6.71. The number of aryl methyl sites for hydroxylation is 1. The lowest BCUT2D eigenvalue weighted by Gasteiger charge is -2.08. The van der Waals surface area contributed by atoms with Gasteiger partial charge in [0, 0.05) is 39.3 Å². The molecule has 0 unspecified atom stereocenters. The molecule has 6 heteroatoms. The minimum absolute atomic E-state index is 0.238. The number of aromatic amines is 1. The molecule has 0 atom stereocenters. The van der Waals surface area contributed by atoms with Crippen molar-refractivity contribution >= 4 is 46.5 Å². The number of thiol groups is 1. The van der Waals surface area contributed by atoms with Crippen LogP contribution in [-0.4, -0.2) is 12.0 Å². The SMILES string of the molecule is CNCc1c[nH]c2cc(Nc3ccc(C)cc3F)ccc12.Sc1cccc(Cl)c1. The van der Waals surface area contributed by atoms with E-state index in [0.29, 0.717) is 5.69 Å². The number of benzene rings is 3. The molecule has 4 rings (SSSR count). The van der Waals surface area contributed by atoms with E-state index in [-0.39, 0.29) is 5.82 Å². The second kappa shape index (κ2) is 9.83. The fourth-order valence-corrected chi connectivity index (χ4v) is 3.45. The monoisotopic (exact) mass is 427 g/mol. The molecule has 0 aliphatic heterocycles. The smallest absolute Gasteiger partial charge is 0.146 e. The summed E-state index contributed by atoms with van der Waals surface area (Å²) in [6.07, 6.45) is 2.00. The number of hydrogen-bond donors (Lipinski definition) is 4. The van der Waals surface area contributed by atoms with Crippen molar-refractivity contribution in [1.29, 1.82) is 0 Å². The Kier molecular flexibility index (Phi) is 7.20. The number of halogens is 2. The predicted molar refractivity (Wildman–Crippen MR) is 124 cm³/mol. The average molecular weight is 428 g/mol. The first kappa shape index (κ1) is 21.2. The number of nitrogens with one attached hydrogen (secondary N) is 3. The van der Waals surface area contributed by atoms with Crippen LogP contribution in [0.25, 0.3) is 10.9 Å². The van der Waals surface area contributed by atoms with Gasteiger partial charge < -0.3 is 15.6 Å². The van der Waals surface area contributed by atoms with E-state index in [4.69, 9.17) is 11.6 Å². The Balaban J connectivity index is 0.000000252. The van der Waals surface area contributed by atoms with E-state index in [0.717, 1.165) is 33.2 Å². The van der Waals surface area contributed by atoms with Crippen molar-refractivity contribution < 1.29 is 4.39 Å². The lowest BCUT2D eigenvalue weighted by atomic mass is 10.1. The first-order valence-corrected chi connectivity index (χ1v) is 10.0. The zero-order valence-corrected chi connectivity index (χ0v) is 17.9. The third-order valence-corrected chi connectivity index (χ3v) is 4.86. The lowest BCUT2D eigenvalue weighted by molar-refractivity contribution is 0.631. The van der Waals surface area contributed by atoms with Gasteiger partial charge in [0.1, 0.15) is 5.82 Å². The molecule has 3 N–H and O–H groups in total. The van der Waals surface area contributed by atoms with Crippen LogP contribution >= 0.6 is 24.2 Å². The Bertz CT molecular complexity index is 1090. The van der Waals surface area contributed by atoms with Crippen molar-refractivity contribution in [2.45, 2.75) is 18.4 Å². The average Bonchev–Trinajstić information content (AvgIpc) is 3.07. The summed E-state index contributed by atoms with van der Waals surface area (Å²) in [5.74, 6) is -0.238. The third kappa shape index (κ3) is 5.76. The molecule has 4 aromatic rings. The number of H-pyrrole nitrogens is 1. The summed E-state index contributed by atoms with van der Waals surface area (Å²) in [6, 6.07) is 18.6. The van der Waals surface area contributed by atoms with E-state index in [2.05, 4.69) is 28.2 Å². The number of hydrogen-bond acceptors (Lipinski definition) is 3. The maximum Gasteiger partial charge on any atom is 0.146 e. The highest BCUT2D eigenvalue weighted by Gasteiger charge is 2.06. The van der Waals surface area contributed by atoms with Crippen molar-refractivity contribution in [2.75, 3.05) is 12.4 Å². The van der Waals surface area contributed by atoms with Crippen LogP contribution in [-0.2, 0) is 6.54 Å². The van der Waals surface area contributed by atoms with Crippen molar-refractivity contribution in [3.8, 4) is 0 Å². The maximum absolute atomic E-state index is 13.9. The van der Waals surface area contributed by atoms with Crippen molar-refractivity contribution in [3.05, 3.63) is 88.8 Å². The van der Waals surface area contributed by atoms with Crippen molar-refractivity contribution in [3.63, 3.8) is 0 Å². The first-order chi connectivity index (χ1) is 14.0. The van der Waals surface area contributed by atoms with E-state index in [9.17, 15) is 4.39 Å². The Hall–Kier alpha value is -2.47. The molecule has 0 spiro atoms. The van der Waals surface area contributed by atoms with Crippen LogP contribution in [0.3, 0.4) is 0 Å². The minimum Gasteiger partial charge on any atom is -0.361 e. The summed E-state index contributed by atoms with van der Waals surface area (Å²) in [6.45, 7) is 2.69. The van der Waals surface area contributed by atoms with Gasteiger partial charge in [0.2, 0.25) is 0 Å². The van der Waals surface area contributed by atoms with E-state index in [1.165, 1.54) is 17.0 Å². The number of aromatic nitrogens is 1. The van der Waals surface area contributed by atoms with Gasteiger partial charge in [-0.2, -0.15) is 0 Å². The van der Waals surface area contributed by atoms with Crippen LogP contribution in [0.4, 0.5) is 15.8 Å². The molecule has 0 amide bonds. The van der Waals surface area contributed by atoms with Gasteiger partial charge in [0.15, 0.2) is 0 Å². The highest BCUT2D eigenvalue weighted by molar-refractivity contribution is 7.80. The summed E-state index contributed by atoms with van der Waals surface area (Å²) in [5, 5.41) is 8.18. The summed E-state index contributed by atoms with van der Waals surface area (Å²) < 4.78 is 13.9. The lowest BCUT2D eigenvalue weighted by Crippen LogP contribution is -2.03. The molecular weight excluding hydrogens is 405 g/mol. The number of rotatable bonds is 4. The van der Waals surface area contributed by atoms with E-state index < -0.39 is 0 Å². The van der Waals surface area contributed by atoms with E-state index in [1.54, 1.807) is 12.1 Å². The van der Waals surface area contributed by atoms with Gasteiger partial charge in [-0.3, -0.25) is 0 Å². The standard InChI is InChI=1S/C17H18FN3.C6H5ClS/c1-11-3-6-16(15(18)7-11)21-13-4-5-14-12(9-19-2)10-20-17(14)8-13;7-5-2-1-3-6(8)4-5/h3-8,10,19-21H,9H2,1-2H3;1-4,8H. The molecule has 150 valence electrons. The van der Waals surface area contributed by atoms with E-state index in [1.807, 2.05) is 62.6 Å². The molecule has 0 aliphatic rings. The van der Waals surface area contributed by atoms with Gasteiger partial charge in [-0.05, 0) is 67.6 Å². The van der Waals surface area contributed by atoms with Gasteiger partial charge >= 0.3 is 0 Å². The number of anilines is 2. The van der Waals surface area contributed by atoms with Crippen LogP contribution in [0.5, 0.6) is 0 Å². The molecular formula is C23H23ClFN3S. The summed E-state index contributed by atoms with van der Waals surface area (Å²) >= 11 is 9.67. The van der Waals surface area contributed by atoms with Crippen LogP contribution in [0.1, 0.15) is 11.1 Å². The highest BCUT2D eigenvalue weighted by atomic mass is 35.5. The van der Waals surface area contributed by atoms with Crippen LogP contribution in [0.2, 0.25) is 5.02 Å². The Morgan fingerprint density at radius 1 is 1.07 bits per heavy atom. The molecule has 0 aliphatic carbocycles. The van der Waals surface area contributed by atoms with Crippen molar-refractivity contribution in [2.24, 2.45) is 0 Å². The molecule has 0 radical (unpaired) electrons. The van der Waals surface area contributed by atoms with Gasteiger partial charge in [-0.25, -0.2) is 4.39 Å². The third-order valence-electron chi connectivity index (χ3n) is 4.35. The fraction of sp³-hybridized carbons (Fsp3) is 0.130. The Morgan fingerprint density at radius 3 is 2.55 bits per heavy atom. The molecule has 3 nitrogen and oxygen atoms in total. The molecule has 0 fully saturated rings. The van der Waals surface area contributed by atoms with Crippen molar-refractivity contribution in [1.82, 2.24) is 10.3 Å². The molecule has 1 heterocycles. The first-order valence-electron chi connectivity index (χ1n) is 9.18. The Labute approximate surface area is 180 Å². The van der Waals surface area contributed by atoms with E-state index >= 15 is 0 Å². The van der Waals surface area contributed by atoms with Gasteiger partial charge in [0.05, 0.1) is 5.69 Å². The van der Waals surface area contributed by atoms with Crippen LogP contribution in [0.15, 0.2) is 71.8 Å². The van der Waals surface area contributed by atoms with Crippen LogP contribution < -0.4 is 10.6 Å². The minimum atomic E-state index is -0.238. The molecule has 1 aromatic heterocycles. The number of fused-ring (bicyclic) bond motifs is 1. The molecule has 3 aromatic carbocycles. The van der Waals surface area contributed by atoms with Gasteiger partial charge in [-0.15, -0.1) is 12.6 Å². The normalized spacial score (nSPS) is 10.5. The molecule has 29 heavy (non-hydrogen) atoms. The highest BCUT2D eigenvalue weighted by Crippen LogP contribution is 2.26. The second-order valence-electron chi connectivity index (χ2n) is 6.69. The largest absolute Gasteiger partial charge is 0.361 e. The molecule has 0 bridgehead atoms. The quantitative estimate of drug-likeness (QED) is 0.273.